The van der Waals surface area contributed by atoms with E-state index in [1.165, 1.54) is 26.0 Å². The molecule has 2 amide bonds. The number of carbonyl (C=O) groups is 3. The van der Waals surface area contributed by atoms with Crippen molar-refractivity contribution in [3.8, 4) is 17.2 Å². The summed E-state index contributed by atoms with van der Waals surface area (Å²) < 4.78 is 22.2. The molecule has 1 aliphatic rings. The molecule has 0 aliphatic carbocycles. The quantitative estimate of drug-likeness (QED) is 0.444. The van der Waals surface area contributed by atoms with Gasteiger partial charge in [0.2, 0.25) is 0 Å². The summed E-state index contributed by atoms with van der Waals surface area (Å²) in [6, 6.07) is 10.6. The summed E-state index contributed by atoms with van der Waals surface area (Å²) in [5.41, 5.74) is 1.65. The molecule has 0 saturated heterocycles. The van der Waals surface area contributed by atoms with E-state index in [0.717, 1.165) is 0 Å². The molecule has 2 aromatic rings. The second kappa shape index (κ2) is 10.7. The van der Waals surface area contributed by atoms with Gasteiger partial charge >= 0.3 is 12.0 Å². The summed E-state index contributed by atoms with van der Waals surface area (Å²) in [4.78, 5) is 38.8. The van der Waals surface area contributed by atoms with Gasteiger partial charge in [0.05, 0.1) is 38.1 Å². The van der Waals surface area contributed by atoms with Crippen molar-refractivity contribution < 1.29 is 33.3 Å². The number of urea groups is 1. The second-order valence-corrected chi connectivity index (χ2v) is 7.47. The van der Waals surface area contributed by atoms with Crippen molar-refractivity contribution in [2.45, 2.75) is 19.9 Å². The SMILES string of the molecule is CCOC(=O)C1=C(COc2ccc(C(C)=O)cc2)N(C)C(=O)N[C@H]1c1cccc(OC)c1OC. The van der Waals surface area contributed by atoms with E-state index in [1.807, 2.05) is 0 Å². The van der Waals surface area contributed by atoms with E-state index < -0.39 is 18.0 Å². The Bertz CT molecular complexity index is 1110. The molecule has 0 saturated carbocycles. The lowest BCUT2D eigenvalue weighted by atomic mass is 9.93. The van der Waals surface area contributed by atoms with Crippen molar-refractivity contribution in [1.82, 2.24) is 10.2 Å². The number of amides is 2. The minimum atomic E-state index is -0.855. The fourth-order valence-electron chi connectivity index (χ4n) is 3.69. The third-order valence-electron chi connectivity index (χ3n) is 5.45. The number of methoxy groups -OCH3 is 2. The van der Waals surface area contributed by atoms with Gasteiger partial charge in [0.1, 0.15) is 12.4 Å². The molecule has 1 aliphatic heterocycles. The van der Waals surface area contributed by atoms with E-state index >= 15 is 0 Å². The van der Waals surface area contributed by atoms with Gasteiger partial charge < -0.3 is 24.3 Å². The van der Waals surface area contributed by atoms with E-state index in [4.69, 9.17) is 18.9 Å². The molecule has 2 aromatic carbocycles. The van der Waals surface area contributed by atoms with Gasteiger partial charge in [-0.2, -0.15) is 0 Å². The van der Waals surface area contributed by atoms with E-state index in [9.17, 15) is 14.4 Å². The first-order valence-corrected chi connectivity index (χ1v) is 10.7. The first kappa shape index (κ1) is 24.6. The average molecular weight is 469 g/mol. The molecule has 3 rings (SSSR count). The molecule has 1 N–H and O–H groups in total. The zero-order chi connectivity index (χ0) is 24.8. The Balaban J connectivity index is 2.07. The number of hydrogen-bond acceptors (Lipinski definition) is 7. The van der Waals surface area contributed by atoms with Crippen LogP contribution in [0.2, 0.25) is 0 Å². The van der Waals surface area contributed by atoms with Gasteiger partial charge in [-0.1, -0.05) is 12.1 Å². The van der Waals surface area contributed by atoms with Crippen LogP contribution in [0, 0.1) is 0 Å². The molecule has 9 nitrogen and oxygen atoms in total. The summed E-state index contributed by atoms with van der Waals surface area (Å²) in [5.74, 6) is 0.685. The van der Waals surface area contributed by atoms with Crippen LogP contribution in [-0.2, 0) is 9.53 Å². The van der Waals surface area contributed by atoms with E-state index in [0.29, 0.717) is 34.1 Å². The van der Waals surface area contributed by atoms with Crippen LogP contribution in [-0.4, -0.2) is 57.2 Å². The van der Waals surface area contributed by atoms with Crippen LogP contribution in [0.1, 0.15) is 35.8 Å². The maximum Gasteiger partial charge on any atom is 0.338 e. The number of para-hydroxylation sites is 1. The Hall–Kier alpha value is -4.01. The summed E-state index contributed by atoms with van der Waals surface area (Å²) in [7, 11) is 4.54. The number of carbonyl (C=O) groups excluding carboxylic acids is 3. The number of Topliss-reactive ketones (excluding diaryl/α,β-unsaturated/α-hetero) is 1. The molecule has 0 spiro atoms. The monoisotopic (exact) mass is 468 g/mol. The number of rotatable bonds is 9. The van der Waals surface area contributed by atoms with E-state index in [2.05, 4.69) is 5.32 Å². The molecule has 1 heterocycles. The lowest BCUT2D eigenvalue weighted by molar-refractivity contribution is -0.139. The Labute approximate surface area is 198 Å². The smallest absolute Gasteiger partial charge is 0.338 e. The number of esters is 1. The van der Waals surface area contributed by atoms with Crippen molar-refractivity contribution in [2.24, 2.45) is 0 Å². The fourth-order valence-corrected chi connectivity index (χ4v) is 3.69. The highest BCUT2D eigenvalue weighted by Gasteiger charge is 2.38. The van der Waals surface area contributed by atoms with Crippen LogP contribution in [0.4, 0.5) is 4.79 Å². The molecule has 0 aromatic heterocycles. The highest BCUT2D eigenvalue weighted by molar-refractivity contribution is 5.95. The summed E-state index contributed by atoms with van der Waals surface area (Å²) in [5, 5.41) is 2.85. The standard InChI is InChI=1S/C25H28N2O7/c1-6-33-24(29)21-19(14-34-17-12-10-16(11-13-17)15(2)28)27(3)25(30)26-22(21)18-8-7-9-20(31-4)23(18)32-5/h7-13,22H,6,14H2,1-5H3,(H,26,30)/t22-/m0/s1. The number of nitrogens with zero attached hydrogens (tertiary/aromatic N) is 1. The molecule has 180 valence electrons. The van der Waals surface area contributed by atoms with Crippen LogP contribution < -0.4 is 19.5 Å². The number of ketones is 1. The first-order valence-electron chi connectivity index (χ1n) is 10.7. The van der Waals surface area contributed by atoms with Gasteiger partial charge in [-0.05, 0) is 44.2 Å². The number of nitrogens with one attached hydrogen (secondary N) is 1. The van der Waals surface area contributed by atoms with Crippen LogP contribution >= 0.6 is 0 Å². The number of hydrogen-bond donors (Lipinski definition) is 1. The molecule has 0 radical (unpaired) electrons. The highest BCUT2D eigenvalue weighted by atomic mass is 16.5. The third-order valence-corrected chi connectivity index (χ3v) is 5.45. The molecule has 9 heteroatoms. The Morgan fingerprint density at radius 2 is 1.76 bits per heavy atom. The van der Waals surface area contributed by atoms with Crippen molar-refractivity contribution in [3.05, 3.63) is 64.9 Å². The van der Waals surface area contributed by atoms with Crippen molar-refractivity contribution in [1.29, 1.82) is 0 Å². The molecule has 1 atom stereocenters. The van der Waals surface area contributed by atoms with Gasteiger partial charge in [-0.25, -0.2) is 9.59 Å². The highest BCUT2D eigenvalue weighted by Crippen LogP contribution is 2.40. The Morgan fingerprint density at radius 1 is 1.06 bits per heavy atom. The molecule has 0 bridgehead atoms. The van der Waals surface area contributed by atoms with Crippen molar-refractivity contribution in [3.63, 3.8) is 0 Å². The summed E-state index contributed by atoms with van der Waals surface area (Å²) in [6.45, 7) is 3.26. The van der Waals surface area contributed by atoms with E-state index in [1.54, 1.807) is 56.4 Å². The van der Waals surface area contributed by atoms with Gasteiger partial charge in [-0.15, -0.1) is 0 Å². The van der Waals surface area contributed by atoms with Crippen LogP contribution in [0.25, 0.3) is 0 Å². The molecular weight excluding hydrogens is 440 g/mol. The fraction of sp³-hybridized carbons (Fsp3) is 0.320. The van der Waals surface area contributed by atoms with Gasteiger partial charge in [0.25, 0.3) is 0 Å². The maximum absolute atomic E-state index is 13.1. The molecule has 0 fully saturated rings. The van der Waals surface area contributed by atoms with Crippen LogP contribution in [0.15, 0.2) is 53.7 Å². The van der Waals surface area contributed by atoms with Gasteiger partial charge in [0, 0.05) is 18.2 Å². The number of likely N-dealkylation sites (N-methyl/N-ethyl adjacent to an activating group) is 1. The van der Waals surface area contributed by atoms with Gasteiger partial charge in [-0.3, -0.25) is 9.69 Å². The third kappa shape index (κ3) is 4.98. The second-order valence-electron chi connectivity index (χ2n) is 7.47. The van der Waals surface area contributed by atoms with Crippen molar-refractivity contribution in [2.75, 3.05) is 34.5 Å². The maximum atomic E-state index is 13.1. The summed E-state index contributed by atoms with van der Waals surface area (Å²) >= 11 is 0. The predicted octanol–water partition coefficient (Wildman–Crippen LogP) is 3.50. The largest absolute Gasteiger partial charge is 0.493 e. The molecule has 0 unspecified atom stereocenters. The Kier molecular flexibility index (Phi) is 7.78. The lowest BCUT2D eigenvalue weighted by Gasteiger charge is -2.35. The average Bonchev–Trinajstić information content (AvgIpc) is 2.84. The van der Waals surface area contributed by atoms with Crippen LogP contribution in [0.5, 0.6) is 17.2 Å². The molecular formula is C25H28N2O7. The number of ether oxygens (including phenoxy) is 4. The zero-order valence-electron chi connectivity index (χ0n) is 19.8. The van der Waals surface area contributed by atoms with E-state index in [-0.39, 0.29) is 24.6 Å². The van der Waals surface area contributed by atoms with Crippen molar-refractivity contribution >= 4 is 17.8 Å². The predicted molar refractivity (Wildman–Crippen MR) is 124 cm³/mol. The summed E-state index contributed by atoms with van der Waals surface area (Å²) in [6.07, 6.45) is 0. The minimum absolute atomic E-state index is 0.0578. The normalized spacial score (nSPS) is 15.5. The lowest BCUT2D eigenvalue weighted by Crippen LogP contribution is -2.48. The Morgan fingerprint density at radius 3 is 2.35 bits per heavy atom. The topological polar surface area (TPSA) is 103 Å². The molecule has 34 heavy (non-hydrogen) atoms. The number of benzene rings is 2. The van der Waals surface area contributed by atoms with Crippen LogP contribution in [0.3, 0.4) is 0 Å². The zero-order valence-corrected chi connectivity index (χ0v) is 19.8. The van der Waals surface area contributed by atoms with Gasteiger partial charge in [0.15, 0.2) is 17.3 Å². The first-order chi connectivity index (χ1) is 16.3. The minimum Gasteiger partial charge on any atom is -0.493 e.